The molecule has 0 amide bonds. The topological polar surface area (TPSA) is 42.4 Å². The van der Waals surface area contributed by atoms with E-state index in [0.717, 1.165) is 66.1 Å². The fraction of sp³-hybridized carbons (Fsp3) is 0. The van der Waals surface area contributed by atoms with Crippen molar-refractivity contribution < 1.29 is 0 Å². The Balaban J connectivity index is 1.23. The van der Waals surface area contributed by atoms with Crippen LogP contribution in [-0.4, -0.2) is 9.13 Å². The third-order valence-corrected chi connectivity index (χ3v) is 9.62. The van der Waals surface area contributed by atoms with Gasteiger partial charge in [0.05, 0.1) is 58.2 Å². The molecular weight excluding hydrogens is 611 g/mol. The zero-order chi connectivity index (χ0) is 33.8. The second-order valence-corrected chi connectivity index (χ2v) is 12.2. The zero-order valence-corrected chi connectivity index (χ0v) is 26.7. The number of nitriles is 1. The standard InChI is InChI=1S/C45H25N5/c1-47-31-23-25-43-38(27-31)36-15-6-10-20-42(36)49(43)39-17-7-3-12-33(39)29-22-24-32(30(26-29)28-46)37-16-11-21-44(45(37)48-2)50-40-18-8-4-13-34(40)35-14-5-9-19-41(35)50/h3-27H. The van der Waals surface area contributed by atoms with Gasteiger partial charge in [0.1, 0.15) is 0 Å². The van der Waals surface area contributed by atoms with Crippen molar-refractivity contribution in [3.8, 4) is 39.7 Å². The molecule has 0 saturated heterocycles. The number of hydrogen-bond acceptors (Lipinski definition) is 1. The normalized spacial score (nSPS) is 11.1. The van der Waals surface area contributed by atoms with Crippen molar-refractivity contribution in [1.29, 1.82) is 5.26 Å². The van der Waals surface area contributed by atoms with E-state index in [0.29, 0.717) is 28.1 Å². The second kappa shape index (κ2) is 11.4. The van der Waals surface area contributed by atoms with Crippen LogP contribution in [0.1, 0.15) is 5.56 Å². The highest BCUT2D eigenvalue weighted by Crippen LogP contribution is 2.43. The van der Waals surface area contributed by atoms with Gasteiger partial charge < -0.3 is 9.13 Å². The number of rotatable bonds is 4. The number of para-hydroxylation sites is 5. The maximum Gasteiger partial charge on any atom is 0.218 e. The van der Waals surface area contributed by atoms with Gasteiger partial charge in [0.25, 0.3) is 0 Å². The molecule has 9 aromatic rings. The summed E-state index contributed by atoms with van der Waals surface area (Å²) >= 11 is 0. The Morgan fingerprint density at radius 2 is 1.02 bits per heavy atom. The molecule has 7 aromatic carbocycles. The molecule has 50 heavy (non-hydrogen) atoms. The van der Waals surface area contributed by atoms with Gasteiger partial charge in [-0.3, -0.25) is 0 Å². The van der Waals surface area contributed by atoms with Crippen LogP contribution >= 0.6 is 0 Å². The average molecular weight is 636 g/mol. The number of benzene rings is 7. The maximum absolute atomic E-state index is 10.6. The maximum atomic E-state index is 10.6. The SMILES string of the molecule is [C-]#[N+]c1ccc2c(c1)c1ccccc1n2-c1ccccc1-c1ccc(-c2cccc(-n3c4ccccc4c4ccccc43)c2[N+]#[C-])c(C#N)c1. The van der Waals surface area contributed by atoms with E-state index in [-0.39, 0.29) is 0 Å². The van der Waals surface area contributed by atoms with Crippen molar-refractivity contribution in [3.63, 3.8) is 0 Å². The average Bonchev–Trinajstić information content (AvgIpc) is 3.69. The Morgan fingerprint density at radius 1 is 0.460 bits per heavy atom. The van der Waals surface area contributed by atoms with Crippen molar-refractivity contribution >= 4 is 55.0 Å². The van der Waals surface area contributed by atoms with Crippen LogP contribution in [0.4, 0.5) is 11.4 Å². The van der Waals surface area contributed by atoms with Crippen LogP contribution in [0, 0.1) is 24.5 Å². The summed E-state index contributed by atoms with van der Waals surface area (Å²) in [5, 5.41) is 14.9. The molecule has 0 unspecified atom stereocenters. The fourth-order valence-corrected chi connectivity index (χ4v) is 7.47. The highest BCUT2D eigenvalue weighted by molar-refractivity contribution is 6.11. The van der Waals surface area contributed by atoms with Gasteiger partial charge in [-0.05, 0) is 70.6 Å². The molecule has 0 fully saturated rings. The third-order valence-electron chi connectivity index (χ3n) is 9.62. The van der Waals surface area contributed by atoms with E-state index in [9.17, 15) is 5.26 Å². The monoisotopic (exact) mass is 635 g/mol. The molecule has 0 spiro atoms. The molecule has 0 aliphatic heterocycles. The molecule has 0 radical (unpaired) electrons. The third kappa shape index (κ3) is 4.24. The van der Waals surface area contributed by atoms with Gasteiger partial charge >= 0.3 is 0 Å². The lowest BCUT2D eigenvalue weighted by atomic mass is 9.93. The Kier molecular flexibility index (Phi) is 6.56. The minimum Gasteiger partial charge on any atom is -0.319 e. The summed E-state index contributed by atoms with van der Waals surface area (Å²) in [7, 11) is 0. The fourth-order valence-electron chi connectivity index (χ4n) is 7.47. The molecule has 0 aliphatic rings. The first kappa shape index (κ1) is 28.8. The lowest BCUT2D eigenvalue weighted by molar-refractivity contribution is 1.18. The van der Waals surface area contributed by atoms with Gasteiger partial charge in [0.15, 0.2) is 5.69 Å². The Labute approximate surface area is 288 Å². The van der Waals surface area contributed by atoms with Crippen LogP contribution < -0.4 is 0 Å². The predicted molar refractivity (Wildman–Crippen MR) is 203 cm³/mol. The van der Waals surface area contributed by atoms with Crippen LogP contribution in [0.5, 0.6) is 0 Å². The minimum atomic E-state index is 0.491. The van der Waals surface area contributed by atoms with Gasteiger partial charge in [0.2, 0.25) is 5.69 Å². The highest BCUT2D eigenvalue weighted by Gasteiger charge is 2.20. The first-order valence-corrected chi connectivity index (χ1v) is 16.2. The Hall–Kier alpha value is -7.39. The van der Waals surface area contributed by atoms with E-state index in [2.05, 4.69) is 73.4 Å². The van der Waals surface area contributed by atoms with Crippen molar-refractivity contribution in [2.45, 2.75) is 0 Å². The summed E-state index contributed by atoms with van der Waals surface area (Å²) in [6, 6.07) is 53.1. The first-order chi connectivity index (χ1) is 24.7. The van der Waals surface area contributed by atoms with E-state index < -0.39 is 0 Å². The first-order valence-electron chi connectivity index (χ1n) is 16.2. The molecule has 0 atom stereocenters. The summed E-state index contributed by atoms with van der Waals surface area (Å²) in [6.07, 6.45) is 0. The smallest absolute Gasteiger partial charge is 0.218 e. The number of fused-ring (bicyclic) bond motifs is 6. The van der Waals surface area contributed by atoms with E-state index in [4.69, 9.17) is 13.1 Å². The van der Waals surface area contributed by atoms with Crippen LogP contribution in [0.3, 0.4) is 0 Å². The predicted octanol–water partition coefficient (Wildman–Crippen LogP) is 12.2. The highest BCUT2D eigenvalue weighted by atomic mass is 15.0. The summed E-state index contributed by atoms with van der Waals surface area (Å²) in [5.41, 5.74) is 10.7. The largest absolute Gasteiger partial charge is 0.319 e. The lowest BCUT2D eigenvalue weighted by Crippen LogP contribution is -1.98. The summed E-state index contributed by atoms with van der Waals surface area (Å²) in [4.78, 5) is 7.76. The summed E-state index contributed by atoms with van der Waals surface area (Å²) < 4.78 is 4.39. The van der Waals surface area contributed by atoms with E-state index >= 15 is 0 Å². The molecule has 5 heteroatoms. The number of hydrogen-bond donors (Lipinski definition) is 0. The quantitative estimate of drug-likeness (QED) is 0.177. The van der Waals surface area contributed by atoms with E-state index in [1.54, 1.807) is 0 Å². The molecule has 5 nitrogen and oxygen atoms in total. The van der Waals surface area contributed by atoms with E-state index in [1.165, 1.54) is 0 Å². The minimum absolute atomic E-state index is 0.491. The summed E-state index contributed by atoms with van der Waals surface area (Å²) in [5.74, 6) is 0. The number of aromatic nitrogens is 2. The molecule has 2 heterocycles. The molecule has 0 aliphatic carbocycles. The molecular formula is C45H25N5. The van der Waals surface area contributed by atoms with Crippen LogP contribution in [-0.2, 0) is 0 Å². The lowest BCUT2D eigenvalue weighted by Gasteiger charge is -2.16. The van der Waals surface area contributed by atoms with Crippen molar-refractivity contribution in [2.24, 2.45) is 0 Å². The molecule has 9 rings (SSSR count). The van der Waals surface area contributed by atoms with Crippen LogP contribution in [0.2, 0.25) is 0 Å². The van der Waals surface area contributed by atoms with Crippen molar-refractivity contribution in [3.05, 3.63) is 180 Å². The van der Waals surface area contributed by atoms with Gasteiger partial charge in [-0.2, -0.15) is 5.26 Å². The molecule has 230 valence electrons. The summed E-state index contributed by atoms with van der Waals surface area (Å²) in [6.45, 7) is 15.9. The van der Waals surface area contributed by atoms with Gasteiger partial charge in [-0.15, -0.1) is 0 Å². The number of nitrogens with zero attached hydrogens (tertiary/aromatic N) is 5. The molecule has 0 N–H and O–H groups in total. The molecule has 0 bridgehead atoms. The van der Waals surface area contributed by atoms with Crippen LogP contribution in [0.15, 0.2) is 152 Å². The molecule has 2 aromatic heterocycles. The molecule has 0 saturated carbocycles. The van der Waals surface area contributed by atoms with Crippen molar-refractivity contribution in [1.82, 2.24) is 9.13 Å². The van der Waals surface area contributed by atoms with Gasteiger partial charge in [-0.25, -0.2) is 9.69 Å². The van der Waals surface area contributed by atoms with Crippen LogP contribution in [0.25, 0.3) is 86.9 Å². The van der Waals surface area contributed by atoms with Gasteiger partial charge in [0, 0.05) is 21.7 Å². The Bertz CT molecular complexity index is 2920. The Morgan fingerprint density at radius 3 is 1.68 bits per heavy atom. The van der Waals surface area contributed by atoms with Crippen molar-refractivity contribution in [2.75, 3.05) is 0 Å². The second-order valence-electron chi connectivity index (χ2n) is 12.2. The zero-order valence-electron chi connectivity index (χ0n) is 26.7. The van der Waals surface area contributed by atoms with Gasteiger partial charge in [-0.1, -0.05) is 103 Å². The van der Waals surface area contributed by atoms with E-state index in [1.807, 2.05) is 103 Å².